The highest BCUT2D eigenvalue weighted by atomic mass is 16.2. The minimum absolute atomic E-state index is 0.0755. The van der Waals surface area contributed by atoms with Gasteiger partial charge in [-0.15, -0.1) is 0 Å². The second kappa shape index (κ2) is 5.71. The summed E-state index contributed by atoms with van der Waals surface area (Å²) in [5.41, 5.74) is 2.53. The van der Waals surface area contributed by atoms with E-state index in [1.807, 2.05) is 35.7 Å². The molecule has 1 saturated heterocycles. The molecule has 0 spiro atoms. The molecule has 0 radical (unpaired) electrons. The molecule has 21 heavy (non-hydrogen) atoms. The zero-order valence-electron chi connectivity index (χ0n) is 12.5. The summed E-state index contributed by atoms with van der Waals surface area (Å²) in [6.45, 7) is 5.49. The first-order valence-corrected chi connectivity index (χ1v) is 7.55. The smallest absolute Gasteiger partial charge is 0.257 e. The number of hydrogen-bond acceptors (Lipinski definition) is 3. The lowest BCUT2D eigenvalue weighted by atomic mass is 9.98. The Kier molecular flexibility index (Phi) is 3.77. The second-order valence-corrected chi connectivity index (χ2v) is 5.51. The average molecular weight is 287 g/mol. The van der Waals surface area contributed by atoms with Gasteiger partial charge in [-0.05, 0) is 39.2 Å². The fourth-order valence-electron chi connectivity index (χ4n) is 2.99. The monoisotopic (exact) mass is 287 g/mol. The Morgan fingerprint density at radius 1 is 1.48 bits per heavy atom. The summed E-state index contributed by atoms with van der Waals surface area (Å²) in [5.74, 6) is 0.0755. The van der Waals surface area contributed by atoms with Gasteiger partial charge in [-0.25, -0.2) is 0 Å². The molecule has 1 amide bonds. The predicted octanol–water partition coefficient (Wildman–Crippen LogP) is 2.30. The predicted molar refractivity (Wildman–Crippen MR) is 78.9 cm³/mol. The van der Waals surface area contributed by atoms with Crippen molar-refractivity contribution in [2.24, 2.45) is 0 Å². The van der Waals surface area contributed by atoms with Crippen LogP contribution in [-0.2, 0) is 6.54 Å². The van der Waals surface area contributed by atoms with Crippen molar-refractivity contribution in [3.05, 3.63) is 35.4 Å². The van der Waals surface area contributed by atoms with Crippen molar-refractivity contribution < 1.29 is 4.79 Å². The van der Waals surface area contributed by atoms with Crippen molar-refractivity contribution in [1.82, 2.24) is 24.9 Å². The maximum atomic E-state index is 12.9. The van der Waals surface area contributed by atoms with Crippen molar-refractivity contribution in [2.75, 3.05) is 6.54 Å². The summed E-state index contributed by atoms with van der Waals surface area (Å²) in [6.07, 6.45) is 6.77. The zero-order valence-corrected chi connectivity index (χ0v) is 12.5. The fourth-order valence-corrected chi connectivity index (χ4v) is 2.99. The molecule has 1 atom stereocenters. The molecule has 1 fully saturated rings. The number of piperidine rings is 1. The van der Waals surface area contributed by atoms with Gasteiger partial charge >= 0.3 is 0 Å². The molecule has 1 aliphatic rings. The minimum Gasteiger partial charge on any atom is -0.330 e. The second-order valence-electron chi connectivity index (χ2n) is 5.51. The van der Waals surface area contributed by atoms with E-state index in [0.29, 0.717) is 5.56 Å². The van der Waals surface area contributed by atoms with Crippen LogP contribution in [0.15, 0.2) is 18.5 Å². The molecule has 3 heterocycles. The van der Waals surface area contributed by atoms with Crippen LogP contribution < -0.4 is 0 Å². The quantitative estimate of drug-likeness (QED) is 0.942. The number of likely N-dealkylation sites (tertiary alicyclic amines) is 1. The number of rotatable bonds is 3. The molecule has 2 aromatic rings. The Hall–Kier alpha value is -2.11. The zero-order chi connectivity index (χ0) is 14.8. The lowest BCUT2D eigenvalue weighted by Crippen LogP contribution is -2.38. The summed E-state index contributed by atoms with van der Waals surface area (Å²) >= 11 is 0. The van der Waals surface area contributed by atoms with Crippen LogP contribution in [-0.4, -0.2) is 37.3 Å². The number of aryl methyl sites for hydroxylation is 2. The number of amides is 1. The Morgan fingerprint density at radius 3 is 3.00 bits per heavy atom. The average Bonchev–Trinajstić information content (AvgIpc) is 3.16. The highest BCUT2D eigenvalue weighted by Crippen LogP contribution is 2.31. The molecule has 3 rings (SSSR count). The Labute approximate surface area is 124 Å². The summed E-state index contributed by atoms with van der Waals surface area (Å²) in [4.78, 5) is 14.9. The fraction of sp³-hybridized carbons (Fsp3) is 0.533. The van der Waals surface area contributed by atoms with Crippen LogP contribution >= 0.6 is 0 Å². The molecule has 6 heteroatoms. The molecule has 0 bridgehead atoms. The van der Waals surface area contributed by atoms with Crippen molar-refractivity contribution in [3.63, 3.8) is 0 Å². The third-order valence-corrected chi connectivity index (χ3v) is 4.15. The summed E-state index contributed by atoms with van der Waals surface area (Å²) in [6, 6.07) is 2.05. The lowest BCUT2D eigenvalue weighted by Gasteiger charge is -2.35. The van der Waals surface area contributed by atoms with Crippen LogP contribution in [0.25, 0.3) is 0 Å². The maximum absolute atomic E-state index is 12.9. The number of carbonyl (C=O) groups is 1. The number of nitrogens with one attached hydrogen (secondary N) is 1. The van der Waals surface area contributed by atoms with E-state index in [9.17, 15) is 4.79 Å². The largest absolute Gasteiger partial charge is 0.330 e. The van der Waals surface area contributed by atoms with Gasteiger partial charge in [0.15, 0.2) is 0 Å². The van der Waals surface area contributed by atoms with Gasteiger partial charge in [0, 0.05) is 25.5 Å². The first kappa shape index (κ1) is 13.9. The van der Waals surface area contributed by atoms with Gasteiger partial charge in [0.1, 0.15) is 0 Å². The number of hydrogen-bond donors (Lipinski definition) is 1. The summed E-state index contributed by atoms with van der Waals surface area (Å²) in [5, 5.41) is 11.4. The van der Waals surface area contributed by atoms with Crippen LogP contribution in [0.5, 0.6) is 0 Å². The Bertz CT molecular complexity index is 616. The standard InChI is InChI=1S/C15H21N5O/c1-3-19-10-12(11(2)18-19)15(21)20-9-5-4-6-14(20)13-7-8-16-17-13/h7-8,10,14H,3-6,9H2,1-2H3,(H,16,17). The van der Waals surface area contributed by atoms with E-state index in [0.717, 1.165) is 43.7 Å². The van der Waals surface area contributed by atoms with Crippen LogP contribution in [0.1, 0.15) is 54.0 Å². The molecule has 6 nitrogen and oxygen atoms in total. The maximum Gasteiger partial charge on any atom is 0.257 e. The van der Waals surface area contributed by atoms with Gasteiger partial charge in [0.2, 0.25) is 0 Å². The lowest BCUT2D eigenvalue weighted by molar-refractivity contribution is 0.0605. The van der Waals surface area contributed by atoms with Gasteiger partial charge in [0.25, 0.3) is 5.91 Å². The SMILES string of the molecule is CCn1cc(C(=O)N2CCCCC2c2ccn[nH]2)c(C)n1. The van der Waals surface area contributed by atoms with Gasteiger partial charge in [-0.3, -0.25) is 14.6 Å². The molecule has 1 aliphatic heterocycles. The molecule has 112 valence electrons. The van der Waals surface area contributed by atoms with Gasteiger partial charge in [-0.1, -0.05) is 0 Å². The van der Waals surface area contributed by atoms with Crippen molar-refractivity contribution in [3.8, 4) is 0 Å². The number of nitrogens with zero attached hydrogens (tertiary/aromatic N) is 4. The molecular weight excluding hydrogens is 266 g/mol. The summed E-state index contributed by atoms with van der Waals surface area (Å²) in [7, 11) is 0. The highest BCUT2D eigenvalue weighted by Gasteiger charge is 2.31. The van der Waals surface area contributed by atoms with E-state index in [1.165, 1.54) is 0 Å². The number of H-pyrrole nitrogens is 1. The van der Waals surface area contributed by atoms with Crippen LogP contribution in [0.2, 0.25) is 0 Å². The van der Waals surface area contributed by atoms with Gasteiger partial charge in [0.05, 0.1) is 23.0 Å². The van der Waals surface area contributed by atoms with Crippen LogP contribution in [0.3, 0.4) is 0 Å². The van der Waals surface area contributed by atoms with Crippen molar-refractivity contribution in [1.29, 1.82) is 0 Å². The number of carbonyl (C=O) groups excluding carboxylic acids is 1. The third-order valence-electron chi connectivity index (χ3n) is 4.15. The minimum atomic E-state index is 0.0755. The molecule has 1 N–H and O–H groups in total. The third kappa shape index (κ3) is 2.57. The first-order valence-electron chi connectivity index (χ1n) is 7.55. The van der Waals surface area contributed by atoms with E-state index < -0.39 is 0 Å². The molecule has 0 aromatic carbocycles. The molecular formula is C15H21N5O. The van der Waals surface area contributed by atoms with Crippen LogP contribution in [0.4, 0.5) is 0 Å². The van der Waals surface area contributed by atoms with Crippen LogP contribution in [0, 0.1) is 6.92 Å². The number of aromatic amines is 1. The van der Waals surface area contributed by atoms with E-state index in [4.69, 9.17) is 0 Å². The van der Waals surface area contributed by atoms with Crippen molar-refractivity contribution in [2.45, 2.75) is 45.7 Å². The van der Waals surface area contributed by atoms with Crippen molar-refractivity contribution >= 4 is 5.91 Å². The highest BCUT2D eigenvalue weighted by molar-refractivity contribution is 5.95. The molecule has 0 saturated carbocycles. The Morgan fingerprint density at radius 2 is 2.33 bits per heavy atom. The molecule has 0 aliphatic carbocycles. The van der Waals surface area contributed by atoms with Gasteiger partial charge in [-0.2, -0.15) is 10.2 Å². The van der Waals surface area contributed by atoms with E-state index in [-0.39, 0.29) is 11.9 Å². The van der Waals surface area contributed by atoms with E-state index in [1.54, 1.807) is 6.20 Å². The first-order chi connectivity index (χ1) is 10.2. The molecule has 2 aromatic heterocycles. The van der Waals surface area contributed by atoms with E-state index >= 15 is 0 Å². The van der Waals surface area contributed by atoms with Gasteiger partial charge < -0.3 is 4.90 Å². The Balaban J connectivity index is 1.89. The number of aromatic nitrogens is 4. The normalized spacial score (nSPS) is 19.0. The topological polar surface area (TPSA) is 66.8 Å². The van der Waals surface area contributed by atoms with E-state index in [2.05, 4.69) is 15.3 Å². The molecule has 1 unspecified atom stereocenters. The summed E-state index contributed by atoms with van der Waals surface area (Å²) < 4.78 is 1.82.